The lowest BCUT2D eigenvalue weighted by molar-refractivity contribution is 0.463. The molecule has 1 aromatic heterocycles. The maximum Gasteiger partial charge on any atom is 0.214 e. The Morgan fingerprint density at radius 2 is 1.91 bits per heavy atom. The molecule has 0 aliphatic heterocycles. The van der Waals surface area contributed by atoms with Crippen molar-refractivity contribution in [1.29, 1.82) is 0 Å². The van der Waals surface area contributed by atoms with Crippen LogP contribution >= 0.6 is 24.0 Å². The molecule has 1 atom stereocenters. The van der Waals surface area contributed by atoms with Gasteiger partial charge in [0.25, 0.3) is 0 Å². The van der Waals surface area contributed by atoms with Crippen molar-refractivity contribution >= 4 is 29.9 Å². The van der Waals surface area contributed by atoms with E-state index >= 15 is 0 Å². The maximum atomic E-state index is 5.55. The summed E-state index contributed by atoms with van der Waals surface area (Å²) in [5.41, 5.74) is 2.24. The molecule has 2 rings (SSSR count). The number of nitrogens with zero attached hydrogens (tertiary/aromatic N) is 2. The third-order valence-corrected chi connectivity index (χ3v) is 3.65. The number of aromatic nitrogens is 1. The number of benzene rings is 1. The number of hydrogen-bond donors (Lipinski definition) is 2. The summed E-state index contributed by atoms with van der Waals surface area (Å²) in [5, 5.41) is 6.54. The van der Waals surface area contributed by atoms with Gasteiger partial charge in [0.15, 0.2) is 5.96 Å². The SMILES string of the molecule is CN=C(NCc1nc(C)c(C)o1)NCC(C)c1ccccc1.I. The number of aliphatic imine (C=N–C) groups is 1. The molecule has 0 radical (unpaired) electrons. The fraction of sp³-hybridized carbons (Fsp3) is 0.412. The van der Waals surface area contributed by atoms with E-state index in [0.717, 1.165) is 24.0 Å². The molecule has 5 nitrogen and oxygen atoms in total. The van der Waals surface area contributed by atoms with Crippen molar-refractivity contribution in [3.63, 3.8) is 0 Å². The first-order valence-corrected chi connectivity index (χ1v) is 7.52. The minimum atomic E-state index is 0. The van der Waals surface area contributed by atoms with Gasteiger partial charge in [0, 0.05) is 13.6 Å². The van der Waals surface area contributed by atoms with Gasteiger partial charge < -0.3 is 15.1 Å². The first kappa shape index (κ1) is 19.5. The highest BCUT2D eigenvalue weighted by atomic mass is 127. The molecule has 23 heavy (non-hydrogen) atoms. The molecule has 0 fully saturated rings. The second-order valence-corrected chi connectivity index (χ2v) is 5.37. The second kappa shape index (κ2) is 9.54. The molecule has 0 bridgehead atoms. The molecule has 0 amide bonds. The number of guanidine groups is 1. The molecule has 126 valence electrons. The molecule has 2 aromatic rings. The number of halogens is 1. The van der Waals surface area contributed by atoms with Crippen molar-refractivity contribution in [2.24, 2.45) is 4.99 Å². The standard InChI is InChI=1S/C17H24N4O.HI/c1-12(15-8-6-5-7-9-15)10-19-17(18-4)20-11-16-21-13(2)14(3)22-16;/h5-9,12H,10-11H2,1-4H3,(H2,18,19,20);1H. The van der Waals surface area contributed by atoms with Crippen molar-refractivity contribution in [3.8, 4) is 0 Å². The summed E-state index contributed by atoms with van der Waals surface area (Å²) in [6.07, 6.45) is 0. The number of oxazole rings is 1. The molecule has 1 heterocycles. The van der Waals surface area contributed by atoms with E-state index in [1.807, 2.05) is 19.9 Å². The van der Waals surface area contributed by atoms with E-state index in [9.17, 15) is 0 Å². The third kappa shape index (κ3) is 5.85. The van der Waals surface area contributed by atoms with Crippen molar-refractivity contribution in [2.45, 2.75) is 33.2 Å². The monoisotopic (exact) mass is 428 g/mol. The van der Waals surface area contributed by atoms with Gasteiger partial charge in [0.2, 0.25) is 5.89 Å². The van der Waals surface area contributed by atoms with E-state index in [4.69, 9.17) is 4.42 Å². The summed E-state index contributed by atoms with van der Waals surface area (Å²) < 4.78 is 5.55. The molecular weight excluding hydrogens is 403 g/mol. The molecule has 1 aromatic carbocycles. The van der Waals surface area contributed by atoms with Crippen LogP contribution in [0.1, 0.15) is 35.7 Å². The van der Waals surface area contributed by atoms with Crippen LogP contribution < -0.4 is 10.6 Å². The van der Waals surface area contributed by atoms with E-state index in [1.54, 1.807) is 7.05 Å². The van der Waals surface area contributed by atoms with Crippen molar-refractivity contribution in [1.82, 2.24) is 15.6 Å². The van der Waals surface area contributed by atoms with Crippen LogP contribution in [0.25, 0.3) is 0 Å². The molecule has 0 aliphatic carbocycles. The molecule has 6 heteroatoms. The molecule has 0 saturated heterocycles. The van der Waals surface area contributed by atoms with Crippen LogP contribution in [0.4, 0.5) is 0 Å². The lowest BCUT2D eigenvalue weighted by Gasteiger charge is -2.15. The van der Waals surface area contributed by atoms with Crippen LogP contribution in [0.3, 0.4) is 0 Å². The fourth-order valence-electron chi connectivity index (χ4n) is 2.14. The Bertz CT molecular complexity index is 605. The molecule has 2 N–H and O–H groups in total. The zero-order valence-corrected chi connectivity index (χ0v) is 16.4. The number of rotatable bonds is 5. The average Bonchev–Trinajstić information content (AvgIpc) is 2.86. The summed E-state index contributed by atoms with van der Waals surface area (Å²) in [4.78, 5) is 8.57. The van der Waals surface area contributed by atoms with E-state index < -0.39 is 0 Å². The fourth-order valence-corrected chi connectivity index (χ4v) is 2.14. The van der Waals surface area contributed by atoms with Crippen LogP contribution in [-0.2, 0) is 6.54 Å². The summed E-state index contributed by atoms with van der Waals surface area (Å²) in [5.74, 6) is 2.69. The summed E-state index contributed by atoms with van der Waals surface area (Å²) in [6.45, 7) is 7.38. The summed E-state index contributed by atoms with van der Waals surface area (Å²) >= 11 is 0. The van der Waals surface area contributed by atoms with Gasteiger partial charge in [-0.1, -0.05) is 37.3 Å². The van der Waals surface area contributed by atoms with Crippen LogP contribution in [0.2, 0.25) is 0 Å². The van der Waals surface area contributed by atoms with Gasteiger partial charge >= 0.3 is 0 Å². The number of nitrogens with one attached hydrogen (secondary N) is 2. The number of aryl methyl sites for hydroxylation is 2. The topological polar surface area (TPSA) is 62.5 Å². The predicted octanol–water partition coefficient (Wildman–Crippen LogP) is 3.38. The first-order chi connectivity index (χ1) is 10.6. The normalized spacial score (nSPS) is 12.4. The van der Waals surface area contributed by atoms with Crippen molar-refractivity contribution in [2.75, 3.05) is 13.6 Å². The predicted molar refractivity (Wildman–Crippen MR) is 104 cm³/mol. The highest BCUT2D eigenvalue weighted by Crippen LogP contribution is 2.13. The Balaban J connectivity index is 0.00000264. The zero-order valence-electron chi connectivity index (χ0n) is 14.1. The largest absolute Gasteiger partial charge is 0.444 e. The second-order valence-electron chi connectivity index (χ2n) is 5.37. The Morgan fingerprint density at radius 3 is 2.48 bits per heavy atom. The van der Waals surface area contributed by atoms with Gasteiger partial charge in [0.05, 0.1) is 12.2 Å². The van der Waals surface area contributed by atoms with E-state index in [1.165, 1.54) is 5.56 Å². The molecule has 1 unspecified atom stereocenters. The maximum absolute atomic E-state index is 5.55. The van der Waals surface area contributed by atoms with Crippen LogP contribution in [0.5, 0.6) is 0 Å². The highest BCUT2D eigenvalue weighted by Gasteiger charge is 2.08. The minimum Gasteiger partial charge on any atom is -0.444 e. The van der Waals surface area contributed by atoms with Gasteiger partial charge in [-0.2, -0.15) is 0 Å². The van der Waals surface area contributed by atoms with Gasteiger partial charge in [-0.3, -0.25) is 4.99 Å². The molecular formula is C17H25IN4O. The van der Waals surface area contributed by atoms with Gasteiger partial charge in [-0.05, 0) is 25.3 Å². The van der Waals surface area contributed by atoms with Crippen molar-refractivity contribution < 1.29 is 4.42 Å². The van der Waals surface area contributed by atoms with E-state index in [2.05, 4.69) is 51.8 Å². The highest BCUT2D eigenvalue weighted by molar-refractivity contribution is 14.0. The quantitative estimate of drug-likeness (QED) is 0.436. The van der Waals surface area contributed by atoms with Crippen molar-refractivity contribution in [3.05, 3.63) is 53.2 Å². The Morgan fingerprint density at radius 1 is 1.22 bits per heavy atom. The van der Waals surface area contributed by atoms with Gasteiger partial charge in [-0.15, -0.1) is 24.0 Å². The average molecular weight is 428 g/mol. The Kier molecular flexibility index (Phi) is 8.08. The first-order valence-electron chi connectivity index (χ1n) is 7.52. The van der Waals surface area contributed by atoms with Crippen LogP contribution in [0.15, 0.2) is 39.7 Å². The summed E-state index contributed by atoms with van der Waals surface area (Å²) in [7, 11) is 1.76. The molecule has 0 aliphatic rings. The third-order valence-electron chi connectivity index (χ3n) is 3.65. The number of hydrogen-bond acceptors (Lipinski definition) is 3. The van der Waals surface area contributed by atoms with Gasteiger partial charge in [-0.25, -0.2) is 4.98 Å². The smallest absolute Gasteiger partial charge is 0.214 e. The lowest BCUT2D eigenvalue weighted by Crippen LogP contribution is -2.38. The van der Waals surface area contributed by atoms with E-state index in [0.29, 0.717) is 18.4 Å². The van der Waals surface area contributed by atoms with Crippen LogP contribution in [-0.4, -0.2) is 24.5 Å². The Labute approximate surface area is 155 Å². The van der Waals surface area contributed by atoms with Crippen LogP contribution in [0, 0.1) is 13.8 Å². The minimum absolute atomic E-state index is 0. The summed E-state index contributed by atoms with van der Waals surface area (Å²) in [6, 6.07) is 10.4. The molecule has 0 saturated carbocycles. The Hall–Kier alpha value is -1.57. The van der Waals surface area contributed by atoms with E-state index in [-0.39, 0.29) is 24.0 Å². The molecule has 0 spiro atoms. The zero-order chi connectivity index (χ0) is 15.9. The lowest BCUT2D eigenvalue weighted by atomic mass is 10.0. The van der Waals surface area contributed by atoms with Gasteiger partial charge in [0.1, 0.15) is 5.76 Å².